The lowest BCUT2D eigenvalue weighted by molar-refractivity contribution is 0.0963. The first-order valence-corrected chi connectivity index (χ1v) is 8.91. The average Bonchev–Trinajstić information content (AvgIpc) is 2.68. The third-order valence-corrected chi connectivity index (χ3v) is 5.15. The summed E-state index contributed by atoms with van der Waals surface area (Å²) < 4.78 is 6.18. The normalized spacial score (nSPS) is 17.7. The summed E-state index contributed by atoms with van der Waals surface area (Å²) in [6.07, 6.45) is 1.26. The highest BCUT2D eigenvalue weighted by atomic mass is 35.5. The van der Waals surface area contributed by atoms with Crippen molar-refractivity contribution in [3.63, 3.8) is 0 Å². The lowest BCUT2D eigenvalue weighted by atomic mass is 9.89. The maximum atomic E-state index is 13.2. The van der Waals surface area contributed by atoms with Crippen LogP contribution in [0.5, 0.6) is 5.75 Å². The lowest BCUT2D eigenvalue weighted by Gasteiger charge is -2.28. The molecule has 0 N–H and O–H groups in total. The standard InChI is InChI=1S/C22H14Cl2O2/c23-18-11-6-9-15(20(18)24)13-17-21(25)16-10-4-5-12-19(16)26-22(17)14-7-2-1-3-8-14/h1-13,22H/b17-13+. The monoisotopic (exact) mass is 380 g/mol. The van der Waals surface area contributed by atoms with Crippen molar-refractivity contribution in [2.45, 2.75) is 6.10 Å². The van der Waals surface area contributed by atoms with Crippen LogP contribution in [0.2, 0.25) is 10.0 Å². The molecule has 4 heteroatoms. The summed E-state index contributed by atoms with van der Waals surface area (Å²) >= 11 is 12.5. The van der Waals surface area contributed by atoms with Crippen molar-refractivity contribution < 1.29 is 9.53 Å². The number of ketones is 1. The van der Waals surface area contributed by atoms with Gasteiger partial charge in [0.1, 0.15) is 5.75 Å². The van der Waals surface area contributed by atoms with Gasteiger partial charge in [-0.2, -0.15) is 0 Å². The zero-order valence-electron chi connectivity index (χ0n) is 13.7. The van der Waals surface area contributed by atoms with Crippen molar-refractivity contribution in [1.82, 2.24) is 0 Å². The molecule has 4 rings (SSSR count). The topological polar surface area (TPSA) is 26.3 Å². The number of benzene rings is 3. The molecule has 1 aliphatic rings. The zero-order valence-corrected chi connectivity index (χ0v) is 15.2. The molecule has 1 unspecified atom stereocenters. The molecule has 0 saturated heterocycles. The number of halogens is 2. The van der Waals surface area contributed by atoms with E-state index in [9.17, 15) is 4.79 Å². The Balaban J connectivity index is 1.90. The van der Waals surface area contributed by atoms with E-state index in [0.717, 1.165) is 5.56 Å². The third kappa shape index (κ3) is 3.03. The second kappa shape index (κ2) is 6.99. The highest BCUT2D eigenvalue weighted by Gasteiger charge is 2.32. The first kappa shape index (κ1) is 16.9. The van der Waals surface area contributed by atoms with Gasteiger partial charge in [-0.25, -0.2) is 0 Å². The van der Waals surface area contributed by atoms with Gasteiger partial charge in [-0.3, -0.25) is 4.79 Å². The Hall–Kier alpha value is -2.55. The van der Waals surface area contributed by atoms with Gasteiger partial charge in [0.15, 0.2) is 11.9 Å². The van der Waals surface area contributed by atoms with Crippen LogP contribution in [-0.2, 0) is 0 Å². The van der Waals surface area contributed by atoms with Crippen molar-refractivity contribution in [2.75, 3.05) is 0 Å². The Morgan fingerprint density at radius 3 is 2.38 bits per heavy atom. The summed E-state index contributed by atoms with van der Waals surface area (Å²) in [7, 11) is 0. The molecule has 2 nitrogen and oxygen atoms in total. The molecular formula is C22H14Cl2O2. The van der Waals surface area contributed by atoms with Gasteiger partial charge in [-0.05, 0) is 35.4 Å². The van der Waals surface area contributed by atoms with E-state index in [-0.39, 0.29) is 5.78 Å². The van der Waals surface area contributed by atoms with Crippen LogP contribution in [0.1, 0.15) is 27.6 Å². The third-order valence-electron chi connectivity index (χ3n) is 4.32. The van der Waals surface area contributed by atoms with E-state index in [1.165, 1.54) is 0 Å². The predicted molar refractivity (Wildman–Crippen MR) is 105 cm³/mol. The Kier molecular flexibility index (Phi) is 4.54. The molecule has 1 atom stereocenters. The smallest absolute Gasteiger partial charge is 0.196 e. The van der Waals surface area contributed by atoms with Crippen molar-refractivity contribution >= 4 is 35.1 Å². The molecule has 3 aromatic rings. The predicted octanol–water partition coefficient (Wildman–Crippen LogP) is 6.39. The molecule has 3 aromatic carbocycles. The SMILES string of the molecule is O=C1/C(=C\c2cccc(Cl)c2Cl)C(c2ccccc2)Oc2ccccc21. The van der Waals surface area contributed by atoms with Gasteiger partial charge < -0.3 is 4.74 Å². The van der Waals surface area contributed by atoms with Crippen molar-refractivity contribution in [2.24, 2.45) is 0 Å². The fourth-order valence-corrected chi connectivity index (χ4v) is 3.40. The zero-order chi connectivity index (χ0) is 18.1. The molecule has 0 aromatic heterocycles. The minimum Gasteiger partial charge on any atom is -0.480 e. The van der Waals surface area contributed by atoms with Gasteiger partial charge >= 0.3 is 0 Å². The Morgan fingerprint density at radius 1 is 0.846 bits per heavy atom. The van der Waals surface area contributed by atoms with Gasteiger partial charge in [0, 0.05) is 5.57 Å². The highest BCUT2D eigenvalue weighted by molar-refractivity contribution is 6.43. The summed E-state index contributed by atoms with van der Waals surface area (Å²) in [6.45, 7) is 0. The molecule has 0 amide bonds. The second-order valence-electron chi connectivity index (χ2n) is 5.98. The maximum absolute atomic E-state index is 13.2. The van der Waals surface area contributed by atoms with E-state index in [1.54, 1.807) is 24.3 Å². The van der Waals surface area contributed by atoms with Crippen LogP contribution in [0, 0.1) is 0 Å². The maximum Gasteiger partial charge on any atom is 0.196 e. The van der Waals surface area contributed by atoms with E-state index in [4.69, 9.17) is 27.9 Å². The Bertz CT molecular complexity index is 1010. The van der Waals surface area contributed by atoms with Gasteiger partial charge in [0.05, 0.1) is 15.6 Å². The molecule has 0 radical (unpaired) electrons. The summed E-state index contributed by atoms with van der Waals surface area (Å²) in [5.41, 5.74) is 2.66. The van der Waals surface area contributed by atoms with Gasteiger partial charge in [0.2, 0.25) is 0 Å². The van der Waals surface area contributed by atoms with Crippen LogP contribution in [0.3, 0.4) is 0 Å². The number of rotatable bonds is 2. The molecule has 1 aliphatic heterocycles. The Morgan fingerprint density at radius 2 is 1.58 bits per heavy atom. The number of hydrogen-bond acceptors (Lipinski definition) is 2. The number of carbonyl (C=O) groups excluding carboxylic acids is 1. The summed E-state index contributed by atoms with van der Waals surface area (Å²) in [4.78, 5) is 13.2. The van der Waals surface area contributed by atoms with Crippen LogP contribution in [0.4, 0.5) is 0 Å². The van der Waals surface area contributed by atoms with E-state index < -0.39 is 6.10 Å². The summed E-state index contributed by atoms with van der Waals surface area (Å²) in [6, 6.07) is 22.3. The van der Waals surface area contributed by atoms with E-state index in [0.29, 0.717) is 32.5 Å². The van der Waals surface area contributed by atoms with E-state index in [1.807, 2.05) is 54.6 Å². The summed E-state index contributed by atoms with van der Waals surface area (Å²) in [5, 5.41) is 0.863. The highest BCUT2D eigenvalue weighted by Crippen LogP contribution is 2.40. The molecule has 0 spiro atoms. The molecule has 0 bridgehead atoms. The van der Waals surface area contributed by atoms with E-state index in [2.05, 4.69) is 0 Å². The van der Waals surface area contributed by atoms with E-state index >= 15 is 0 Å². The van der Waals surface area contributed by atoms with Crippen molar-refractivity contribution in [3.05, 3.63) is 105 Å². The fourth-order valence-electron chi connectivity index (χ4n) is 3.04. The lowest BCUT2D eigenvalue weighted by Crippen LogP contribution is -2.23. The summed E-state index contributed by atoms with van der Waals surface area (Å²) in [5.74, 6) is 0.512. The van der Waals surface area contributed by atoms with Gasteiger partial charge in [0.25, 0.3) is 0 Å². The molecule has 26 heavy (non-hydrogen) atoms. The number of para-hydroxylation sites is 1. The van der Waals surface area contributed by atoms with Gasteiger partial charge in [-0.1, -0.05) is 77.8 Å². The molecule has 1 heterocycles. The number of carbonyl (C=O) groups is 1. The van der Waals surface area contributed by atoms with Crippen LogP contribution < -0.4 is 4.74 Å². The number of ether oxygens (including phenoxy) is 1. The largest absolute Gasteiger partial charge is 0.480 e. The number of hydrogen-bond donors (Lipinski definition) is 0. The fraction of sp³-hybridized carbons (Fsp3) is 0.0455. The minimum absolute atomic E-state index is 0.0725. The van der Waals surface area contributed by atoms with Crippen LogP contribution in [-0.4, -0.2) is 5.78 Å². The van der Waals surface area contributed by atoms with Crippen LogP contribution in [0.15, 0.2) is 78.4 Å². The first-order valence-electron chi connectivity index (χ1n) is 8.16. The number of Topliss-reactive ketones (excluding diaryl/α,β-unsaturated/α-hetero) is 1. The molecule has 0 aliphatic carbocycles. The quantitative estimate of drug-likeness (QED) is 0.481. The Labute approximate surface area is 161 Å². The van der Waals surface area contributed by atoms with Gasteiger partial charge in [-0.15, -0.1) is 0 Å². The molecule has 0 fully saturated rings. The molecular weight excluding hydrogens is 367 g/mol. The minimum atomic E-state index is -0.506. The average molecular weight is 381 g/mol. The number of fused-ring (bicyclic) bond motifs is 1. The molecule has 128 valence electrons. The van der Waals surface area contributed by atoms with Crippen LogP contribution in [0.25, 0.3) is 6.08 Å². The van der Waals surface area contributed by atoms with Crippen LogP contribution >= 0.6 is 23.2 Å². The van der Waals surface area contributed by atoms with Crippen molar-refractivity contribution in [1.29, 1.82) is 0 Å². The van der Waals surface area contributed by atoms with Crippen molar-refractivity contribution in [3.8, 4) is 5.75 Å². The molecule has 0 saturated carbocycles. The first-order chi connectivity index (χ1) is 12.6. The second-order valence-corrected chi connectivity index (χ2v) is 6.76.